The van der Waals surface area contributed by atoms with E-state index >= 15 is 0 Å². The van der Waals surface area contributed by atoms with E-state index in [0.717, 1.165) is 18.6 Å². The smallest absolute Gasteiger partial charge is 0.335 e. The molecule has 1 aliphatic rings. The first-order valence-corrected chi connectivity index (χ1v) is 11.0. The van der Waals surface area contributed by atoms with Crippen molar-refractivity contribution < 1.29 is 9.53 Å². The summed E-state index contributed by atoms with van der Waals surface area (Å²) >= 11 is 0. The van der Waals surface area contributed by atoms with Crippen LogP contribution >= 0.6 is 0 Å². The zero-order chi connectivity index (χ0) is 23.7. The van der Waals surface area contributed by atoms with Gasteiger partial charge in [0.25, 0.3) is 0 Å². The highest BCUT2D eigenvalue weighted by Gasteiger charge is 2.29. The number of carbonyl (C=O) groups excluding carboxylic acids is 1. The van der Waals surface area contributed by atoms with Gasteiger partial charge < -0.3 is 15.4 Å². The molecule has 1 aliphatic heterocycles. The van der Waals surface area contributed by atoms with E-state index in [-0.39, 0.29) is 23.5 Å². The first kappa shape index (κ1) is 21.4. The highest BCUT2D eigenvalue weighted by Crippen LogP contribution is 2.28. The minimum Gasteiger partial charge on any atom is -0.457 e. The third-order valence-electron chi connectivity index (χ3n) is 6.00. The second kappa shape index (κ2) is 8.86. The van der Waals surface area contributed by atoms with Gasteiger partial charge in [-0.3, -0.25) is 13.9 Å². The molecular weight excluding hydrogens is 432 g/mol. The number of nitrogens with zero attached hydrogens (tertiary/aromatic N) is 5. The summed E-state index contributed by atoms with van der Waals surface area (Å²) < 4.78 is 9.02. The third-order valence-corrected chi connectivity index (χ3v) is 6.00. The Labute approximate surface area is 195 Å². The highest BCUT2D eigenvalue weighted by atomic mass is 16.5. The zero-order valence-corrected chi connectivity index (χ0v) is 18.5. The van der Waals surface area contributed by atoms with Crippen molar-refractivity contribution in [2.24, 2.45) is 0 Å². The molecule has 1 atom stereocenters. The molecular formula is C25H24N6O3. The molecule has 172 valence electrons. The molecule has 0 unspecified atom stereocenters. The number of benzene rings is 2. The molecule has 3 heterocycles. The maximum Gasteiger partial charge on any atom is 0.335 e. The van der Waals surface area contributed by atoms with Crippen molar-refractivity contribution in [2.75, 3.05) is 18.8 Å². The van der Waals surface area contributed by atoms with Crippen molar-refractivity contribution in [1.29, 1.82) is 0 Å². The largest absolute Gasteiger partial charge is 0.457 e. The van der Waals surface area contributed by atoms with Gasteiger partial charge in [-0.05, 0) is 55.3 Å². The van der Waals surface area contributed by atoms with E-state index in [0.29, 0.717) is 35.7 Å². The molecule has 2 aromatic carbocycles. The number of anilines is 1. The Morgan fingerprint density at radius 3 is 2.56 bits per heavy atom. The molecule has 9 nitrogen and oxygen atoms in total. The van der Waals surface area contributed by atoms with Crippen LogP contribution in [0.25, 0.3) is 16.9 Å². The average molecular weight is 457 g/mol. The Bertz CT molecular complexity index is 1410. The summed E-state index contributed by atoms with van der Waals surface area (Å²) in [7, 11) is 0. The number of carbonyl (C=O) groups is 1. The Morgan fingerprint density at radius 2 is 1.82 bits per heavy atom. The number of nitrogens with two attached hydrogens (primary N) is 1. The van der Waals surface area contributed by atoms with Crippen molar-refractivity contribution in [3.8, 4) is 17.2 Å². The maximum atomic E-state index is 13.7. The van der Waals surface area contributed by atoms with Gasteiger partial charge in [0.05, 0.1) is 11.7 Å². The lowest BCUT2D eigenvalue weighted by Crippen LogP contribution is -2.42. The number of para-hydroxylation sites is 1. The van der Waals surface area contributed by atoms with E-state index < -0.39 is 0 Å². The zero-order valence-electron chi connectivity index (χ0n) is 18.5. The number of rotatable bonds is 5. The van der Waals surface area contributed by atoms with E-state index in [1.54, 1.807) is 33.7 Å². The van der Waals surface area contributed by atoms with Crippen LogP contribution in [-0.2, 0) is 4.79 Å². The first-order chi connectivity index (χ1) is 16.6. The van der Waals surface area contributed by atoms with Crippen LogP contribution < -0.4 is 16.2 Å². The molecule has 0 radical (unpaired) electrons. The lowest BCUT2D eigenvalue weighted by atomic mass is 10.1. The fourth-order valence-electron chi connectivity index (χ4n) is 4.42. The number of hydrogen-bond donors (Lipinski definition) is 1. The lowest BCUT2D eigenvalue weighted by Gasteiger charge is -2.32. The number of piperidine rings is 1. The van der Waals surface area contributed by atoms with Gasteiger partial charge in [-0.2, -0.15) is 0 Å². The van der Waals surface area contributed by atoms with Crippen molar-refractivity contribution >= 4 is 22.9 Å². The summed E-state index contributed by atoms with van der Waals surface area (Å²) in [5.41, 5.74) is 7.43. The van der Waals surface area contributed by atoms with Crippen LogP contribution in [0.15, 0.2) is 78.4 Å². The van der Waals surface area contributed by atoms with Crippen LogP contribution in [0.3, 0.4) is 0 Å². The summed E-state index contributed by atoms with van der Waals surface area (Å²) in [5, 5.41) is 0. The van der Waals surface area contributed by atoms with Crippen LogP contribution in [0, 0.1) is 0 Å². The van der Waals surface area contributed by atoms with E-state index in [1.165, 1.54) is 17.0 Å². The van der Waals surface area contributed by atoms with Gasteiger partial charge in [0.2, 0.25) is 5.91 Å². The number of imidazole rings is 1. The second-order valence-electron chi connectivity index (χ2n) is 8.11. The molecule has 34 heavy (non-hydrogen) atoms. The SMILES string of the molecule is C=CC(=O)N1CCC[C@H](n2c(=O)n(-c3ccc(Oc4ccccc4)cc3)c3c(N)ncnc32)C1. The van der Waals surface area contributed by atoms with Crippen LogP contribution in [-0.4, -0.2) is 43.0 Å². The fraction of sp³-hybridized carbons (Fsp3) is 0.200. The van der Waals surface area contributed by atoms with E-state index in [4.69, 9.17) is 10.5 Å². The number of fused-ring (bicyclic) bond motifs is 1. The molecule has 0 bridgehead atoms. The molecule has 0 aliphatic carbocycles. The summed E-state index contributed by atoms with van der Waals surface area (Å²) in [6.45, 7) is 4.61. The number of nitrogen functional groups attached to an aromatic ring is 1. The van der Waals surface area contributed by atoms with Crippen LogP contribution in [0.4, 0.5) is 5.82 Å². The van der Waals surface area contributed by atoms with Crippen LogP contribution in [0.2, 0.25) is 0 Å². The summed E-state index contributed by atoms with van der Waals surface area (Å²) in [6, 6.07) is 16.4. The number of ether oxygens (including phenoxy) is 1. The fourth-order valence-corrected chi connectivity index (χ4v) is 4.42. The normalized spacial score (nSPS) is 15.9. The highest BCUT2D eigenvalue weighted by molar-refractivity contribution is 5.87. The maximum absolute atomic E-state index is 13.7. The Hall–Kier alpha value is -4.40. The van der Waals surface area contributed by atoms with Crippen molar-refractivity contribution in [3.05, 3.63) is 84.1 Å². The molecule has 0 spiro atoms. The predicted molar refractivity (Wildman–Crippen MR) is 129 cm³/mol. The van der Waals surface area contributed by atoms with Crippen molar-refractivity contribution in [2.45, 2.75) is 18.9 Å². The van der Waals surface area contributed by atoms with Gasteiger partial charge >= 0.3 is 5.69 Å². The number of likely N-dealkylation sites (tertiary alicyclic amines) is 1. The van der Waals surface area contributed by atoms with E-state index in [1.807, 2.05) is 30.3 Å². The van der Waals surface area contributed by atoms with Crippen LogP contribution in [0.5, 0.6) is 11.5 Å². The lowest BCUT2D eigenvalue weighted by molar-refractivity contribution is -0.127. The van der Waals surface area contributed by atoms with Gasteiger partial charge in [0, 0.05) is 13.1 Å². The topological polar surface area (TPSA) is 108 Å². The van der Waals surface area contributed by atoms with Gasteiger partial charge in [-0.1, -0.05) is 24.8 Å². The molecule has 0 saturated carbocycles. The monoisotopic (exact) mass is 456 g/mol. The van der Waals surface area contributed by atoms with Gasteiger partial charge in [-0.25, -0.2) is 14.8 Å². The molecule has 2 N–H and O–H groups in total. The molecule has 1 fully saturated rings. The standard InChI is InChI=1S/C25H24N6O3/c1-2-21(32)29-14-6-7-18(15-29)31-24-22(23(26)27-16-28-24)30(25(31)33)17-10-12-20(13-11-17)34-19-8-4-3-5-9-19/h2-5,8-13,16,18H,1,6-7,14-15H2,(H2,26,27,28)/t18-/m0/s1. The Morgan fingerprint density at radius 1 is 1.09 bits per heavy atom. The molecule has 1 amide bonds. The summed E-state index contributed by atoms with van der Waals surface area (Å²) in [6.07, 6.45) is 4.17. The van der Waals surface area contributed by atoms with Gasteiger partial charge in [-0.15, -0.1) is 0 Å². The number of amides is 1. The van der Waals surface area contributed by atoms with Crippen molar-refractivity contribution in [1.82, 2.24) is 24.0 Å². The van der Waals surface area contributed by atoms with Crippen molar-refractivity contribution in [3.63, 3.8) is 0 Å². The quantitative estimate of drug-likeness (QED) is 0.462. The Kier molecular flexibility index (Phi) is 5.59. The predicted octanol–water partition coefficient (Wildman–Crippen LogP) is 3.31. The van der Waals surface area contributed by atoms with E-state index in [9.17, 15) is 9.59 Å². The first-order valence-electron chi connectivity index (χ1n) is 11.0. The van der Waals surface area contributed by atoms with Gasteiger partial charge in [0.15, 0.2) is 11.5 Å². The second-order valence-corrected chi connectivity index (χ2v) is 8.11. The molecule has 1 saturated heterocycles. The minimum atomic E-state index is -0.281. The van der Waals surface area contributed by atoms with E-state index in [2.05, 4.69) is 16.5 Å². The van der Waals surface area contributed by atoms with Crippen LogP contribution in [0.1, 0.15) is 18.9 Å². The third kappa shape index (κ3) is 3.81. The molecule has 9 heteroatoms. The summed E-state index contributed by atoms with van der Waals surface area (Å²) in [5.74, 6) is 1.42. The summed E-state index contributed by atoms with van der Waals surface area (Å²) in [4.78, 5) is 36.1. The number of aromatic nitrogens is 4. The Balaban J connectivity index is 1.56. The molecule has 2 aromatic heterocycles. The number of hydrogen-bond acceptors (Lipinski definition) is 6. The van der Waals surface area contributed by atoms with Gasteiger partial charge in [0.1, 0.15) is 23.3 Å². The molecule has 5 rings (SSSR count). The minimum absolute atomic E-state index is 0.148. The molecule has 4 aromatic rings. The average Bonchev–Trinajstić information content (AvgIpc) is 3.17.